The molecule has 0 spiro atoms. The van der Waals surface area contributed by atoms with Gasteiger partial charge in [-0.2, -0.15) is 0 Å². The lowest BCUT2D eigenvalue weighted by molar-refractivity contribution is -0.131. The Morgan fingerprint density at radius 1 is 1.65 bits per heavy atom. The number of hydrogen-bond acceptors (Lipinski definition) is 3. The molecule has 1 heterocycles. The molecule has 1 aromatic carbocycles. The topological polar surface area (TPSA) is 64.3 Å². The molecule has 1 aliphatic rings. The molecule has 0 saturated carbocycles. The monoisotopic (exact) mass is 296 g/mol. The summed E-state index contributed by atoms with van der Waals surface area (Å²) in [7, 11) is 0. The lowest BCUT2D eigenvalue weighted by atomic mass is 9.84. The highest BCUT2D eigenvalue weighted by Gasteiger charge is 2.44. The third-order valence-electron chi connectivity index (χ3n) is 3.84. The number of nitrogens with one attached hydrogen (secondary N) is 1. The number of benzene rings is 1. The molecule has 0 aromatic heterocycles. The molecule has 3 N–H and O–H groups in total. The van der Waals surface area contributed by atoms with E-state index in [0.717, 1.165) is 12.0 Å². The molecule has 1 fully saturated rings. The van der Waals surface area contributed by atoms with Gasteiger partial charge < -0.3 is 15.8 Å². The van der Waals surface area contributed by atoms with Crippen LogP contribution in [0.5, 0.6) is 0 Å². The second-order valence-corrected chi connectivity index (χ2v) is 6.18. The van der Waals surface area contributed by atoms with Crippen molar-refractivity contribution in [2.45, 2.75) is 32.4 Å². The maximum atomic E-state index is 12.3. The van der Waals surface area contributed by atoms with Crippen LogP contribution in [0.1, 0.15) is 19.4 Å². The molecule has 0 aliphatic carbocycles. The quantitative estimate of drug-likeness (QED) is 0.890. The summed E-state index contributed by atoms with van der Waals surface area (Å²) in [6.45, 7) is 4.64. The van der Waals surface area contributed by atoms with Gasteiger partial charge in [0.2, 0.25) is 5.91 Å². The second kappa shape index (κ2) is 6.12. The summed E-state index contributed by atoms with van der Waals surface area (Å²) in [4.78, 5) is 12.3. The maximum Gasteiger partial charge on any atom is 0.230 e. The Kier molecular flexibility index (Phi) is 4.68. The van der Waals surface area contributed by atoms with Crippen LogP contribution < -0.4 is 11.1 Å². The van der Waals surface area contributed by atoms with E-state index in [-0.39, 0.29) is 18.0 Å². The molecule has 110 valence electrons. The third-order valence-corrected chi connectivity index (χ3v) is 4.08. The molecular weight excluding hydrogens is 276 g/mol. The second-order valence-electron chi connectivity index (χ2n) is 5.75. The van der Waals surface area contributed by atoms with Crippen LogP contribution >= 0.6 is 11.6 Å². The predicted octanol–water partition coefficient (Wildman–Crippen LogP) is 1.75. The van der Waals surface area contributed by atoms with Gasteiger partial charge in [0.25, 0.3) is 0 Å². The van der Waals surface area contributed by atoms with Crippen LogP contribution in [0.4, 0.5) is 0 Å². The number of amides is 1. The zero-order chi connectivity index (χ0) is 14.8. The minimum absolute atomic E-state index is 0.0191. The van der Waals surface area contributed by atoms with E-state index in [1.807, 2.05) is 38.1 Å². The van der Waals surface area contributed by atoms with Crippen LogP contribution in [0.3, 0.4) is 0 Å². The Balaban J connectivity index is 1.94. The Bertz CT molecular complexity index is 495. The molecule has 1 aliphatic heterocycles. The van der Waals surface area contributed by atoms with Gasteiger partial charge >= 0.3 is 0 Å². The van der Waals surface area contributed by atoms with Gasteiger partial charge in [0.05, 0.1) is 18.6 Å². The molecule has 0 radical (unpaired) electrons. The van der Waals surface area contributed by atoms with Crippen LogP contribution in [-0.4, -0.2) is 31.2 Å². The smallest absolute Gasteiger partial charge is 0.230 e. The van der Waals surface area contributed by atoms with Crippen molar-refractivity contribution in [2.75, 3.05) is 13.2 Å². The first-order valence-electron chi connectivity index (χ1n) is 6.80. The first-order valence-corrected chi connectivity index (χ1v) is 7.18. The lowest BCUT2D eigenvalue weighted by Gasteiger charge is -2.27. The summed E-state index contributed by atoms with van der Waals surface area (Å²) >= 11 is 5.96. The zero-order valence-electron chi connectivity index (χ0n) is 11.9. The van der Waals surface area contributed by atoms with E-state index in [9.17, 15) is 4.79 Å². The number of carbonyl (C=O) groups is 1. The Labute approximate surface area is 124 Å². The number of rotatable bonds is 4. The zero-order valence-corrected chi connectivity index (χ0v) is 12.6. The molecule has 5 heteroatoms. The van der Waals surface area contributed by atoms with E-state index in [2.05, 4.69) is 5.32 Å². The first kappa shape index (κ1) is 15.3. The van der Waals surface area contributed by atoms with Crippen LogP contribution in [-0.2, 0) is 16.0 Å². The minimum atomic E-state index is -0.636. The van der Waals surface area contributed by atoms with Crippen molar-refractivity contribution in [3.8, 4) is 0 Å². The van der Waals surface area contributed by atoms with E-state index < -0.39 is 5.41 Å². The number of halogens is 1. The van der Waals surface area contributed by atoms with Crippen molar-refractivity contribution < 1.29 is 9.53 Å². The van der Waals surface area contributed by atoms with Crippen molar-refractivity contribution in [3.05, 3.63) is 34.9 Å². The Hall–Kier alpha value is -1.10. The molecule has 1 aromatic rings. The Morgan fingerprint density at radius 2 is 2.40 bits per heavy atom. The van der Waals surface area contributed by atoms with Crippen LogP contribution in [0.25, 0.3) is 0 Å². The Morgan fingerprint density at radius 3 is 3.00 bits per heavy atom. The average Bonchev–Trinajstić information content (AvgIpc) is 2.70. The first-order chi connectivity index (χ1) is 9.41. The van der Waals surface area contributed by atoms with Crippen molar-refractivity contribution in [1.82, 2.24) is 5.32 Å². The van der Waals surface area contributed by atoms with Gasteiger partial charge in [0, 0.05) is 17.1 Å². The van der Waals surface area contributed by atoms with E-state index in [1.54, 1.807) is 0 Å². The molecule has 0 bridgehead atoms. The van der Waals surface area contributed by atoms with Crippen molar-refractivity contribution in [2.24, 2.45) is 11.1 Å². The summed E-state index contributed by atoms with van der Waals surface area (Å²) in [5, 5.41) is 3.73. The minimum Gasteiger partial charge on any atom is -0.379 e. The molecule has 20 heavy (non-hydrogen) atoms. The van der Waals surface area contributed by atoms with Crippen molar-refractivity contribution in [3.63, 3.8) is 0 Å². The normalized spacial score (nSPS) is 27.3. The maximum absolute atomic E-state index is 12.3. The summed E-state index contributed by atoms with van der Waals surface area (Å²) in [5.41, 5.74) is 6.42. The van der Waals surface area contributed by atoms with Gasteiger partial charge in [-0.05, 0) is 38.0 Å². The average molecular weight is 297 g/mol. The third kappa shape index (κ3) is 3.32. The van der Waals surface area contributed by atoms with Gasteiger partial charge in [-0.25, -0.2) is 0 Å². The molecule has 3 atom stereocenters. The van der Waals surface area contributed by atoms with Gasteiger partial charge in [0.15, 0.2) is 0 Å². The number of hydrogen-bond donors (Lipinski definition) is 2. The summed E-state index contributed by atoms with van der Waals surface area (Å²) in [5.74, 6) is -0.0444. The van der Waals surface area contributed by atoms with E-state index in [1.165, 1.54) is 0 Å². The summed E-state index contributed by atoms with van der Waals surface area (Å²) < 4.78 is 5.31. The van der Waals surface area contributed by atoms with Crippen molar-refractivity contribution >= 4 is 17.5 Å². The van der Waals surface area contributed by atoms with Gasteiger partial charge in [-0.1, -0.05) is 23.7 Å². The molecule has 4 nitrogen and oxygen atoms in total. The van der Waals surface area contributed by atoms with Crippen LogP contribution in [0.15, 0.2) is 24.3 Å². The van der Waals surface area contributed by atoms with Gasteiger partial charge in [-0.15, -0.1) is 0 Å². The molecule has 3 unspecified atom stereocenters. The number of nitrogens with two attached hydrogens (primary N) is 1. The summed E-state index contributed by atoms with van der Waals surface area (Å²) in [6.07, 6.45) is 0.735. The lowest BCUT2D eigenvalue weighted by Crippen LogP contribution is -2.52. The molecule has 1 saturated heterocycles. The highest BCUT2D eigenvalue weighted by atomic mass is 35.5. The SMILES string of the molecule is CC(Cc1cccc(Cl)c1)NC(=O)C1(C)COCC1N. The predicted molar refractivity (Wildman–Crippen MR) is 79.7 cm³/mol. The van der Waals surface area contributed by atoms with Crippen LogP contribution in [0, 0.1) is 5.41 Å². The summed E-state index contributed by atoms with van der Waals surface area (Å²) in [6, 6.07) is 7.43. The van der Waals surface area contributed by atoms with E-state index in [4.69, 9.17) is 22.1 Å². The van der Waals surface area contributed by atoms with E-state index in [0.29, 0.717) is 18.2 Å². The highest BCUT2D eigenvalue weighted by molar-refractivity contribution is 6.30. The fraction of sp³-hybridized carbons (Fsp3) is 0.533. The highest BCUT2D eigenvalue weighted by Crippen LogP contribution is 2.27. The van der Waals surface area contributed by atoms with Crippen LogP contribution in [0.2, 0.25) is 5.02 Å². The molecule has 1 amide bonds. The van der Waals surface area contributed by atoms with Gasteiger partial charge in [0.1, 0.15) is 0 Å². The standard InChI is InChI=1S/C15H21ClN2O2/c1-10(6-11-4-3-5-12(16)7-11)18-14(19)15(2)9-20-8-13(15)17/h3-5,7,10,13H,6,8-9,17H2,1-2H3,(H,18,19). The van der Waals surface area contributed by atoms with E-state index >= 15 is 0 Å². The fourth-order valence-corrected chi connectivity index (χ4v) is 2.59. The van der Waals surface area contributed by atoms with Crippen molar-refractivity contribution in [1.29, 1.82) is 0 Å². The van der Waals surface area contributed by atoms with Gasteiger partial charge in [-0.3, -0.25) is 4.79 Å². The molecular formula is C15H21ClN2O2. The fourth-order valence-electron chi connectivity index (χ4n) is 2.38. The number of ether oxygens (including phenoxy) is 1. The largest absolute Gasteiger partial charge is 0.379 e. The molecule has 2 rings (SSSR count). The number of carbonyl (C=O) groups excluding carboxylic acids is 1.